The van der Waals surface area contributed by atoms with Gasteiger partial charge in [0.1, 0.15) is 6.04 Å². The first kappa shape index (κ1) is 27.4. The van der Waals surface area contributed by atoms with E-state index in [0.717, 1.165) is 19.3 Å². The van der Waals surface area contributed by atoms with Crippen molar-refractivity contribution in [2.24, 2.45) is 0 Å². The zero-order valence-corrected chi connectivity index (χ0v) is 19.3. The number of carboxylic acids is 1. The van der Waals surface area contributed by atoms with Crippen molar-refractivity contribution in [1.29, 1.82) is 0 Å². The van der Waals surface area contributed by atoms with Crippen LogP contribution in [0.25, 0.3) is 0 Å². The van der Waals surface area contributed by atoms with Crippen molar-refractivity contribution >= 4 is 17.8 Å². The van der Waals surface area contributed by atoms with E-state index in [1.807, 2.05) is 27.7 Å². The van der Waals surface area contributed by atoms with Crippen LogP contribution in [0, 0.1) is 0 Å². The van der Waals surface area contributed by atoms with E-state index in [1.165, 1.54) is 38.5 Å². The normalized spacial score (nSPS) is 12.2. The molecule has 0 aromatic carbocycles. The minimum absolute atomic E-state index is 0.0101. The second-order valence-electron chi connectivity index (χ2n) is 8.56. The van der Waals surface area contributed by atoms with E-state index in [1.54, 1.807) is 4.90 Å². The Kier molecular flexibility index (Phi) is 15.3. The van der Waals surface area contributed by atoms with E-state index in [-0.39, 0.29) is 36.7 Å². The van der Waals surface area contributed by atoms with Crippen molar-refractivity contribution in [2.45, 2.75) is 130 Å². The summed E-state index contributed by atoms with van der Waals surface area (Å²) < 4.78 is 0. The number of rotatable bonds is 17. The van der Waals surface area contributed by atoms with Gasteiger partial charge in [-0.2, -0.15) is 0 Å². The monoisotopic (exact) mass is 412 g/mol. The second-order valence-corrected chi connectivity index (χ2v) is 8.56. The van der Waals surface area contributed by atoms with Gasteiger partial charge in [-0.3, -0.25) is 14.4 Å². The summed E-state index contributed by atoms with van der Waals surface area (Å²) in [6.45, 7) is 9.92. The maximum atomic E-state index is 12.9. The molecule has 0 spiro atoms. The molecule has 0 saturated heterocycles. The van der Waals surface area contributed by atoms with E-state index < -0.39 is 12.0 Å². The van der Waals surface area contributed by atoms with Crippen LogP contribution in [0.3, 0.4) is 0 Å². The van der Waals surface area contributed by atoms with Gasteiger partial charge >= 0.3 is 5.97 Å². The van der Waals surface area contributed by atoms with E-state index in [4.69, 9.17) is 5.11 Å². The molecule has 0 aromatic heterocycles. The number of carbonyl (C=O) groups is 3. The van der Waals surface area contributed by atoms with Crippen LogP contribution in [0.15, 0.2) is 0 Å². The molecule has 29 heavy (non-hydrogen) atoms. The Hall–Kier alpha value is -1.59. The van der Waals surface area contributed by atoms with Gasteiger partial charge in [0.25, 0.3) is 0 Å². The Morgan fingerprint density at radius 1 is 0.793 bits per heavy atom. The third kappa shape index (κ3) is 13.3. The summed E-state index contributed by atoms with van der Waals surface area (Å²) in [4.78, 5) is 37.9. The van der Waals surface area contributed by atoms with E-state index in [2.05, 4.69) is 12.2 Å². The predicted molar refractivity (Wildman–Crippen MR) is 118 cm³/mol. The number of aliphatic carboxylic acids is 1. The smallest absolute Gasteiger partial charge is 0.303 e. The lowest BCUT2D eigenvalue weighted by Gasteiger charge is -2.34. The molecule has 2 N–H and O–H groups in total. The number of hydrogen-bond acceptors (Lipinski definition) is 3. The van der Waals surface area contributed by atoms with Crippen molar-refractivity contribution in [2.75, 3.05) is 0 Å². The molecule has 2 amide bonds. The van der Waals surface area contributed by atoms with Gasteiger partial charge in [0.2, 0.25) is 11.8 Å². The van der Waals surface area contributed by atoms with Gasteiger partial charge in [-0.25, -0.2) is 0 Å². The maximum absolute atomic E-state index is 12.9. The Balaban J connectivity index is 4.43. The quantitative estimate of drug-likeness (QED) is 0.333. The molecular formula is C23H44N2O4. The first-order chi connectivity index (χ1) is 13.7. The molecule has 0 rings (SSSR count). The van der Waals surface area contributed by atoms with Crippen molar-refractivity contribution < 1.29 is 19.5 Å². The van der Waals surface area contributed by atoms with Crippen molar-refractivity contribution in [1.82, 2.24) is 10.2 Å². The average Bonchev–Trinajstić information content (AvgIpc) is 2.62. The number of hydrogen-bond donors (Lipinski definition) is 2. The fourth-order valence-corrected chi connectivity index (χ4v) is 3.67. The van der Waals surface area contributed by atoms with Gasteiger partial charge in [-0.15, -0.1) is 0 Å². The summed E-state index contributed by atoms with van der Waals surface area (Å²) >= 11 is 0. The summed E-state index contributed by atoms with van der Waals surface area (Å²) in [7, 11) is 0. The summed E-state index contributed by atoms with van der Waals surface area (Å²) in [5.41, 5.74) is 0. The van der Waals surface area contributed by atoms with Crippen LogP contribution in [-0.4, -0.2) is 45.9 Å². The van der Waals surface area contributed by atoms with E-state index in [0.29, 0.717) is 6.42 Å². The molecule has 170 valence electrons. The Morgan fingerprint density at radius 2 is 1.28 bits per heavy atom. The van der Waals surface area contributed by atoms with Gasteiger partial charge < -0.3 is 15.3 Å². The first-order valence-corrected chi connectivity index (χ1v) is 11.5. The molecule has 1 atom stereocenters. The zero-order valence-electron chi connectivity index (χ0n) is 19.3. The largest absolute Gasteiger partial charge is 0.481 e. The highest BCUT2D eigenvalue weighted by Crippen LogP contribution is 2.13. The molecule has 0 unspecified atom stereocenters. The summed E-state index contributed by atoms with van der Waals surface area (Å²) in [6, 6.07) is -0.796. The third-order valence-electron chi connectivity index (χ3n) is 5.15. The summed E-state index contributed by atoms with van der Waals surface area (Å²) in [6.07, 6.45) is 11.0. The molecule has 6 heteroatoms. The molecule has 0 fully saturated rings. The van der Waals surface area contributed by atoms with Gasteiger partial charge in [0.05, 0.1) is 0 Å². The minimum Gasteiger partial charge on any atom is -0.481 e. The van der Waals surface area contributed by atoms with E-state index in [9.17, 15) is 14.4 Å². The predicted octanol–water partition coefficient (Wildman–Crippen LogP) is 4.90. The number of amides is 2. The van der Waals surface area contributed by atoms with Gasteiger partial charge in [0, 0.05) is 24.9 Å². The molecule has 0 aliphatic rings. The van der Waals surface area contributed by atoms with Crippen LogP contribution in [0.1, 0.15) is 112 Å². The number of carboxylic acid groups (broad SMARTS) is 1. The zero-order chi connectivity index (χ0) is 22.2. The highest BCUT2D eigenvalue weighted by Gasteiger charge is 2.29. The molecule has 0 aliphatic heterocycles. The fraction of sp³-hybridized carbons (Fsp3) is 0.870. The fourth-order valence-electron chi connectivity index (χ4n) is 3.67. The van der Waals surface area contributed by atoms with Crippen molar-refractivity contribution in [3.63, 3.8) is 0 Å². The highest BCUT2D eigenvalue weighted by molar-refractivity contribution is 5.88. The van der Waals surface area contributed by atoms with Crippen LogP contribution in [-0.2, 0) is 14.4 Å². The van der Waals surface area contributed by atoms with Gasteiger partial charge in [0.15, 0.2) is 0 Å². The lowest BCUT2D eigenvalue weighted by molar-refractivity contribution is -0.141. The maximum Gasteiger partial charge on any atom is 0.303 e. The lowest BCUT2D eigenvalue weighted by Crippen LogP contribution is -2.53. The molecule has 0 aromatic rings. The van der Waals surface area contributed by atoms with Crippen LogP contribution >= 0.6 is 0 Å². The molecular weight excluding hydrogens is 368 g/mol. The topological polar surface area (TPSA) is 86.7 Å². The Morgan fingerprint density at radius 3 is 1.72 bits per heavy atom. The van der Waals surface area contributed by atoms with Gasteiger partial charge in [-0.05, 0) is 40.5 Å². The summed E-state index contributed by atoms with van der Waals surface area (Å²) in [5, 5.41) is 11.8. The molecule has 0 heterocycles. The van der Waals surface area contributed by atoms with Crippen molar-refractivity contribution in [3.05, 3.63) is 0 Å². The molecule has 0 bridgehead atoms. The van der Waals surface area contributed by atoms with Crippen LogP contribution in [0.4, 0.5) is 0 Å². The summed E-state index contributed by atoms with van der Waals surface area (Å²) in [5.74, 6) is -1.32. The molecule has 6 nitrogen and oxygen atoms in total. The Bertz CT molecular complexity index is 469. The lowest BCUT2D eigenvalue weighted by atomic mass is 10.1. The third-order valence-corrected chi connectivity index (χ3v) is 5.15. The number of carbonyl (C=O) groups excluding carboxylic acids is 2. The van der Waals surface area contributed by atoms with Gasteiger partial charge in [-0.1, -0.05) is 58.3 Å². The molecule has 0 radical (unpaired) electrons. The molecule has 0 aliphatic carbocycles. The van der Waals surface area contributed by atoms with E-state index >= 15 is 0 Å². The van der Waals surface area contributed by atoms with Crippen LogP contribution in [0.2, 0.25) is 0 Å². The average molecular weight is 413 g/mol. The molecule has 0 saturated carbocycles. The number of nitrogens with zero attached hydrogens (tertiary/aromatic N) is 1. The van der Waals surface area contributed by atoms with Crippen LogP contribution in [0.5, 0.6) is 0 Å². The highest BCUT2D eigenvalue weighted by atomic mass is 16.4. The minimum atomic E-state index is -0.961. The van der Waals surface area contributed by atoms with Crippen molar-refractivity contribution in [3.8, 4) is 0 Å². The Labute approximate surface area is 177 Å². The number of nitrogens with one attached hydrogen (secondary N) is 1. The SMILES string of the molecule is CCCCCCCCCCCC(=O)N[C@@H](CCC(=O)O)C(=O)N(C(C)C)C(C)C. The number of unbranched alkanes of at least 4 members (excludes halogenated alkanes) is 8. The van der Waals surface area contributed by atoms with Crippen LogP contribution < -0.4 is 5.32 Å². The first-order valence-electron chi connectivity index (χ1n) is 11.5. The second kappa shape index (κ2) is 16.2. The standard InChI is InChI=1S/C23H44N2O4/c1-6-7-8-9-10-11-12-13-14-15-21(26)24-20(16-17-22(27)28)23(29)25(18(2)3)19(4)5/h18-20H,6-17H2,1-5H3,(H,24,26)(H,27,28)/t20-/m0/s1.